The van der Waals surface area contributed by atoms with Crippen LogP contribution in [0.3, 0.4) is 0 Å². The lowest BCUT2D eigenvalue weighted by molar-refractivity contribution is 0.0920. The zero-order valence-electron chi connectivity index (χ0n) is 14.1. The molecular weight excluding hydrogens is 410 g/mol. The van der Waals surface area contributed by atoms with Gasteiger partial charge in [-0.25, -0.2) is 0 Å². The predicted molar refractivity (Wildman–Crippen MR) is 99.4 cm³/mol. The average Bonchev–Trinajstić information content (AvgIpc) is 2.60. The van der Waals surface area contributed by atoms with Gasteiger partial charge in [-0.2, -0.15) is 16.8 Å². The molecule has 1 unspecified atom stereocenters. The Morgan fingerprint density at radius 3 is 2.18 bits per heavy atom. The second-order valence-corrected chi connectivity index (χ2v) is 9.25. The molecule has 2 aromatic carbocycles. The Bertz CT molecular complexity index is 1190. The first-order valence-corrected chi connectivity index (χ1v) is 10.7. The summed E-state index contributed by atoms with van der Waals surface area (Å²) in [5.41, 5.74) is -0.482. The van der Waals surface area contributed by atoms with Crippen molar-refractivity contribution in [3.63, 3.8) is 0 Å². The summed E-state index contributed by atoms with van der Waals surface area (Å²) >= 11 is 0. The lowest BCUT2D eigenvalue weighted by Gasteiger charge is -2.36. The molecule has 0 heterocycles. The molecule has 28 heavy (non-hydrogen) atoms. The lowest BCUT2D eigenvalue weighted by Crippen LogP contribution is -2.53. The van der Waals surface area contributed by atoms with E-state index in [0.29, 0.717) is 0 Å². The number of rotatable bonds is 4. The summed E-state index contributed by atoms with van der Waals surface area (Å²) in [6, 6.07) is 11.1. The zero-order valence-corrected chi connectivity index (χ0v) is 15.7. The minimum absolute atomic E-state index is 0.0328. The van der Waals surface area contributed by atoms with Gasteiger partial charge < -0.3 is 10.4 Å². The normalized spacial score (nSPS) is 19.4. The van der Waals surface area contributed by atoms with E-state index in [0.717, 1.165) is 12.1 Å². The van der Waals surface area contributed by atoms with Gasteiger partial charge in [-0.3, -0.25) is 13.9 Å². The topological polar surface area (TPSA) is 158 Å². The van der Waals surface area contributed by atoms with Crippen LogP contribution in [0.25, 0.3) is 6.08 Å². The number of aromatic hydroxyl groups is 1. The molecule has 1 atom stereocenters. The van der Waals surface area contributed by atoms with Gasteiger partial charge in [0.25, 0.3) is 26.1 Å². The van der Waals surface area contributed by atoms with E-state index < -0.39 is 53.7 Å². The van der Waals surface area contributed by atoms with Crippen molar-refractivity contribution in [2.75, 3.05) is 0 Å². The van der Waals surface area contributed by atoms with E-state index in [-0.39, 0.29) is 11.1 Å². The van der Waals surface area contributed by atoms with Crippen molar-refractivity contribution in [2.24, 2.45) is 0 Å². The summed E-state index contributed by atoms with van der Waals surface area (Å²) in [4.78, 5) is 9.15. The molecule has 1 aliphatic carbocycles. The smallest absolute Gasteiger partial charge is 0.294 e. The van der Waals surface area contributed by atoms with E-state index in [1.54, 1.807) is 6.07 Å². The lowest BCUT2D eigenvalue weighted by atomic mass is 9.90. The van der Waals surface area contributed by atoms with Crippen molar-refractivity contribution in [2.45, 2.75) is 11.3 Å². The summed E-state index contributed by atoms with van der Waals surface area (Å²) in [5.74, 6) is -1.53. The number of amides is 1. The molecule has 1 amide bonds. The monoisotopic (exact) mass is 425 g/mol. The molecule has 2 aromatic rings. The maximum atomic E-state index is 12.6. The van der Waals surface area contributed by atoms with Crippen LogP contribution in [-0.2, 0) is 25.1 Å². The highest BCUT2D eigenvalue weighted by Gasteiger charge is 2.53. The van der Waals surface area contributed by atoms with Crippen molar-refractivity contribution in [1.82, 2.24) is 5.32 Å². The Balaban J connectivity index is 2.29. The number of phenolic OH excluding ortho intramolecular Hbond substituents is 1. The Morgan fingerprint density at radius 1 is 0.964 bits per heavy atom. The average molecular weight is 425 g/mol. The van der Waals surface area contributed by atoms with Gasteiger partial charge in [-0.05, 0) is 29.8 Å². The van der Waals surface area contributed by atoms with E-state index in [1.165, 1.54) is 36.4 Å². The van der Waals surface area contributed by atoms with Crippen LogP contribution in [0, 0.1) is 0 Å². The van der Waals surface area contributed by atoms with Gasteiger partial charge in [0.05, 0.1) is 4.91 Å². The van der Waals surface area contributed by atoms with Crippen LogP contribution in [0.5, 0.6) is 5.75 Å². The van der Waals surface area contributed by atoms with Crippen LogP contribution in [0.15, 0.2) is 53.4 Å². The minimum atomic E-state index is -5.23. The fourth-order valence-electron chi connectivity index (χ4n) is 3.08. The third-order valence-electron chi connectivity index (χ3n) is 4.34. The number of phenols is 1. The number of fused-ring (bicyclic) bond motifs is 1. The Hall–Kier alpha value is -2.73. The maximum absolute atomic E-state index is 12.6. The van der Waals surface area contributed by atoms with E-state index in [1.807, 2.05) is 0 Å². The number of nitrogens with one attached hydrogen (secondary N) is 1. The Labute approximate surface area is 160 Å². The molecule has 0 aliphatic heterocycles. The summed E-state index contributed by atoms with van der Waals surface area (Å²) in [6.07, 6.45) is -0.0592. The highest BCUT2D eigenvalue weighted by Crippen LogP contribution is 2.46. The van der Waals surface area contributed by atoms with Gasteiger partial charge in [0.2, 0.25) is 4.87 Å². The largest absolute Gasteiger partial charge is 0.508 e. The fourth-order valence-corrected chi connectivity index (χ4v) is 4.88. The standard InChI is InChI=1S/C17H15NO8S2/c19-14-8-4-7-12-9-13(27(21,22)23)10-17(15(12)14,28(24,25)26)18-16(20)11-5-2-1-3-6-11/h1-9,19H,10H2,(H,18,20)(H,21,22,23)(H,24,25,26). The molecule has 11 heteroatoms. The van der Waals surface area contributed by atoms with Crippen LogP contribution in [0.2, 0.25) is 0 Å². The van der Waals surface area contributed by atoms with Crippen molar-refractivity contribution in [1.29, 1.82) is 0 Å². The quantitative estimate of drug-likeness (QED) is 0.537. The van der Waals surface area contributed by atoms with E-state index in [9.17, 15) is 35.8 Å². The van der Waals surface area contributed by atoms with Crippen LogP contribution in [-0.4, -0.2) is 37.0 Å². The van der Waals surface area contributed by atoms with Crippen molar-refractivity contribution >= 4 is 32.2 Å². The molecule has 0 aromatic heterocycles. The van der Waals surface area contributed by atoms with Crippen molar-refractivity contribution in [3.05, 3.63) is 70.1 Å². The number of carbonyl (C=O) groups excluding carboxylic acids is 1. The molecule has 0 radical (unpaired) electrons. The molecule has 0 spiro atoms. The minimum Gasteiger partial charge on any atom is -0.508 e. The SMILES string of the molecule is O=C(NC1(S(=O)(=O)O)CC(S(=O)(=O)O)=Cc2cccc(O)c21)c1ccccc1. The molecule has 0 saturated carbocycles. The first-order valence-electron chi connectivity index (χ1n) is 7.81. The van der Waals surface area contributed by atoms with E-state index in [2.05, 4.69) is 5.32 Å². The summed E-state index contributed by atoms with van der Waals surface area (Å²) in [5, 5.41) is 12.4. The van der Waals surface area contributed by atoms with Crippen molar-refractivity contribution in [3.8, 4) is 5.75 Å². The van der Waals surface area contributed by atoms with Crippen molar-refractivity contribution < 1.29 is 35.8 Å². The van der Waals surface area contributed by atoms with Gasteiger partial charge in [0, 0.05) is 17.5 Å². The zero-order chi connectivity index (χ0) is 20.7. The highest BCUT2D eigenvalue weighted by atomic mass is 32.2. The molecule has 148 valence electrons. The summed E-state index contributed by atoms with van der Waals surface area (Å²) in [6.45, 7) is 0. The summed E-state index contributed by atoms with van der Waals surface area (Å²) in [7, 11) is -10.1. The molecule has 0 saturated heterocycles. The van der Waals surface area contributed by atoms with E-state index in [4.69, 9.17) is 0 Å². The third-order valence-corrected chi connectivity index (χ3v) is 6.60. The number of hydrogen-bond donors (Lipinski definition) is 4. The number of hydrogen-bond acceptors (Lipinski definition) is 6. The van der Waals surface area contributed by atoms with Crippen LogP contribution in [0.4, 0.5) is 0 Å². The van der Waals surface area contributed by atoms with Crippen LogP contribution >= 0.6 is 0 Å². The Morgan fingerprint density at radius 2 is 1.61 bits per heavy atom. The molecule has 0 fully saturated rings. The molecule has 9 nitrogen and oxygen atoms in total. The van der Waals surface area contributed by atoms with Crippen LogP contribution in [0.1, 0.15) is 27.9 Å². The summed E-state index contributed by atoms with van der Waals surface area (Å²) < 4.78 is 67.6. The second-order valence-electron chi connectivity index (χ2n) is 6.13. The van der Waals surface area contributed by atoms with Gasteiger partial charge in [0.15, 0.2) is 0 Å². The van der Waals surface area contributed by atoms with Gasteiger partial charge >= 0.3 is 0 Å². The number of benzene rings is 2. The third kappa shape index (κ3) is 3.40. The Kier molecular flexibility index (Phi) is 4.79. The second kappa shape index (κ2) is 6.71. The molecule has 4 N–H and O–H groups in total. The fraction of sp³-hybridized carbons (Fsp3) is 0.118. The van der Waals surface area contributed by atoms with Gasteiger partial charge in [-0.15, -0.1) is 0 Å². The first-order chi connectivity index (χ1) is 13.0. The van der Waals surface area contributed by atoms with Gasteiger partial charge in [-0.1, -0.05) is 30.3 Å². The first kappa shape index (κ1) is 20.0. The predicted octanol–water partition coefficient (Wildman–Crippen LogP) is 1.50. The molecule has 0 bridgehead atoms. The molecule has 1 aliphatic rings. The maximum Gasteiger partial charge on any atom is 0.294 e. The molecule has 3 rings (SSSR count). The molecular formula is C17H15NO8S2. The van der Waals surface area contributed by atoms with Crippen LogP contribution < -0.4 is 5.32 Å². The van der Waals surface area contributed by atoms with Gasteiger partial charge in [0.1, 0.15) is 5.75 Å². The van der Waals surface area contributed by atoms with E-state index >= 15 is 0 Å². The highest BCUT2D eigenvalue weighted by molar-refractivity contribution is 7.90. The number of carbonyl (C=O) groups is 1.